The van der Waals surface area contributed by atoms with Gasteiger partial charge in [-0.05, 0) is 33.6 Å². The minimum absolute atomic E-state index is 0.518. The summed E-state index contributed by atoms with van der Waals surface area (Å²) in [5.41, 5.74) is 1.09. The van der Waals surface area contributed by atoms with Crippen molar-refractivity contribution in [3.8, 4) is 0 Å². The first-order valence-electron chi connectivity index (χ1n) is 3.67. The normalized spacial score (nSPS) is 11.0. The maximum Gasteiger partial charge on any atom is 0.0485 e. The van der Waals surface area contributed by atoms with Crippen LogP contribution in [0.15, 0.2) is 26.9 Å². The first-order chi connectivity index (χ1) is 6.22. The molecular weight excluding hydrogens is 288 g/mol. The zero-order chi connectivity index (χ0) is 9.42. The van der Waals surface area contributed by atoms with Crippen molar-refractivity contribution in [1.82, 2.24) is 0 Å². The Labute approximate surface area is 99.4 Å². The van der Waals surface area contributed by atoms with Crippen LogP contribution in [0.3, 0.4) is 0 Å². The van der Waals surface area contributed by atoms with Crippen molar-refractivity contribution in [3.05, 3.63) is 27.5 Å². The van der Waals surface area contributed by atoms with Crippen molar-refractivity contribution in [1.29, 1.82) is 0 Å². The Balaban J connectivity index is 2.76. The van der Waals surface area contributed by atoms with Crippen LogP contribution in [0.2, 0.25) is 0 Å². The van der Waals surface area contributed by atoms with Crippen LogP contribution in [0.5, 0.6) is 0 Å². The lowest BCUT2D eigenvalue weighted by molar-refractivity contribution is 1.29. The Kier molecular flexibility index (Phi) is 2.88. The summed E-state index contributed by atoms with van der Waals surface area (Å²) in [5, 5.41) is 3.29. The van der Waals surface area contributed by atoms with Crippen molar-refractivity contribution < 1.29 is 0 Å². The van der Waals surface area contributed by atoms with Crippen LogP contribution < -0.4 is 0 Å². The molecule has 0 saturated carbocycles. The van der Waals surface area contributed by atoms with Crippen molar-refractivity contribution in [3.63, 3.8) is 0 Å². The van der Waals surface area contributed by atoms with Gasteiger partial charge in [0.2, 0.25) is 0 Å². The van der Waals surface area contributed by atoms with Gasteiger partial charge < -0.3 is 0 Å². The van der Waals surface area contributed by atoms with Crippen LogP contribution in [0.1, 0.15) is 5.56 Å². The monoisotopic (exact) mass is 292 g/mol. The summed E-state index contributed by atoms with van der Waals surface area (Å²) >= 11 is 15.4. The Morgan fingerprint density at radius 1 is 1.46 bits per heavy atom. The van der Waals surface area contributed by atoms with Crippen LogP contribution in [0.4, 0.5) is 0 Å². The molecule has 0 unspecified atom stereocenters. The topological polar surface area (TPSA) is 0 Å². The molecule has 68 valence electrons. The molecule has 0 amide bonds. The van der Waals surface area contributed by atoms with Crippen molar-refractivity contribution in [2.24, 2.45) is 0 Å². The highest BCUT2D eigenvalue weighted by Crippen LogP contribution is 2.33. The van der Waals surface area contributed by atoms with Gasteiger partial charge in [0.15, 0.2) is 0 Å². The van der Waals surface area contributed by atoms with Gasteiger partial charge in [0.05, 0.1) is 0 Å². The van der Waals surface area contributed by atoms with Crippen molar-refractivity contribution in [2.45, 2.75) is 10.8 Å². The molecule has 0 spiro atoms. The van der Waals surface area contributed by atoms with Crippen LogP contribution in [0.25, 0.3) is 10.1 Å². The van der Waals surface area contributed by atoms with Gasteiger partial charge >= 0.3 is 0 Å². The molecule has 0 nitrogen and oxygen atoms in total. The second-order valence-corrected chi connectivity index (χ2v) is 5.21. The smallest absolute Gasteiger partial charge is 0.0485 e. The maximum atomic E-state index is 5.78. The van der Waals surface area contributed by atoms with Gasteiger partial charge in [-0.2, -0.15) is 0 Å². The summed E-state index contributed by atoms with van der Waals surface area (Å²) in [5.74, 6) is 0.518. The van der Waals surface area contributed by atoms with E-state index in [4.69, 9.17) is 11.6 Å². The van der Waals surface area contributed by atoms with Gasteiger partial charge in [-0.15, -0.1) is 35.6 Å². The number of hydrogen-bond acceptors (Lipinski definition) is 2. The molecule has 1 aromatic carbocycles. The Morgan fingerprint density at radius 2 is 2.23 bits per heavy atom. The molecular formula is C9H6BrClS2. The molecule has 0 N–H and O–H groups in total. The SMILES string of the molecule is Sc1cc2c(Br)csc2cc1CCl. The van der Waals surface area contributed by atoms with E-state index in [2.05, 4.69) is 46.1 Å². The molecule has 0 aliphatic rings. The molecule has 2 rings (SSSR count). The van der Waals surface area contributed by atoms with E-state index in [1.165, 1.54) is 10.1 Å². The van der Waals surface area contributed by atoms with Crippen LogP contribution in [0, 0.1) is 0 Å². The van der Waals surface area contributed by atoms with Crippen molar-refractivity contribution in [2.75, 3.05) is 0 Å². The third-order valence-electron chi connectivity index (χ3n) is 1.87. The fourth-order valence-electron chi connectivity index (χ4n) is 1.18. The molecule has 0 fully saturated rings. The van der Waals surface area contributed by atoms with Gasteiger partial charge in [0.25, 0.3) is 0 Å². The third-order valence-corrected chi connectivity index (χ3v) is 4.48. The molecule has 0 bridgehead atoms. The standard InChI is InChI=1S/C9H6BrClS2/c10-7-4-13-9-1-5(3-11)8(12)2-6(7)9/h1-2,4,12H,3H2. The lowest BCUT2D eigenvalue weighted by Gasteiger charge is -2.00. The Bertz CT molecular complexity index is 450. The molecule has 0 saturated heterocycles. The van der Waals surface area contributed by atoms with E-state index < -0.39 is 0 Å². The van der Waals surface area contributed by atoms with E-state index in [0.29, 0.717) is 5.88 Å². The highest BCUT2D eigenvalue weighted by atomic mass is 79.9. The Hall–Kier alpha value is 0.300. The van der Waals surface area contributed by atoms with E-state index in [1.807, 2.05) is 0 Å². The number of rotatable bonds is 1. The first-order valence-corrected chi connectivity index (χ1v) is 6.32. The van der Waals surface area contributed by atoms with E-state index in [-0.39, 0.29) is 0 Å². The maximum absolute atomic E-state index is 5.78. The minimum atomic E-state index is 0.518. The highest BCUT2D eigenvalue weighted by molar-refractivity contribution is 9.10. The fraction of sp³-hybridized carbons (Fsp3) is 0.111. The lowest BCUT2D eigenvalue weighted by atomic mass is 10.2. The highest BCUT2D eigenvalue weighted by Gasteiger charge is 2.05. The molecule has 0 radical (unpaired) electrons. The van der Waals surface area contributed by atoms with Gasteiger partial charge in [-0.3, -0.25) is 0 Å². The average molecular weight is 294 g/mol. The van der Waals surface area contributed by atoms with E-state index in [0.717, 1.165) is 14.9 Å². The third kappa shape index (κ3) is 1.75. The molecule has 4 heteroatoms. The fourth-order valence-corrected chi connectivity index (χ4v) is 3.37. The second-order valence-electron chi connectivity index (χ2n) is 2.69. The van der Waals surface area contributed by atoms with E-state index in [1.54, 1.807) is 11.3 Å². The van der Waals surface area contributed by atoms with Gasteiger partial charge in [0, 0.05) is 30.7 Å². The number of halogens is 2. The summed E-state index contributed by atoms with van der Waals surface area (Å²) in [6, 6.07) is 4.15. The molecule has 0 atom stereocenters. The predicted molar refractivity (Wildman–Crippen MR) is 66.3 cm³/mol. The molecule has 13 heavy (non-hydrogen) atoms. The zero-order valence-electron chi connectivity index (χ0n) is 6.55. The zero-order valence-corrected chi connectivity index (χ0v) is 10.6. The second kappa shape index (κ2) is 3.81. The first kappa shape index (κ1) is 9.84. The summed E-state index contributed by atoms with van der Waals surface area (Å²) in [7, 11) is 0. The minimum Gasteiger partial charge on any atom is -0.143 e. The number of alkyl halides is 1. The largest absolute Gasteiger partial charge is 0.143 e. The number of thiol groups is 1. The molecule has 1 heterocycles. The number of fused-ring (bicyclic) bond motifs is 1. The van der Waals surface area contributed by atoms with E-state index in [9.17, 15) is 0 Å². The van der Waals surface area contributed by atoms with Gasteiger partial charge in [-0.25, -0.2) is 0 Å². The van der Waals surface area contributed by atoms with Gasteiger partial charge in [-0.1, -0.05) is 0 Å². The van der Waals surface area contributed by atoms with Crippen LogP contribution >= 0.6 is 51.5 Å². The van der Waals surface area contributed by atoms with Crippen molar-refractivity contribution >= 4 is 61.6 Å². The molecule has 0 aliphatic carbocycles. The average Bonchev–Trinajstić information content (AvgIpc) is 2.47. The Morgan fingerprint density at radius 3 is 2.92 bits per heavy atom. The summed E-state index contributed by atoms with van der Waals surface area (Å²) in [6.07, 6.45) is 0. The predicted octanol–water partition coefficient (Wildman–Crippen LogP) is 4.69. The molecule has 2 aromatic rings. The van der Waals surface area contributed by atoms with E-state index >= 15 is 0 Å². The quantitative estimate of drug-likeness (QED) is 0.572. The summed E-state index contributed by atoms with van der Waals surface area (Å²) in [4.78, 5) is 0.960. The summed E-state index contributed by atoms with van der Waals surface area (Å²) < 4.78 is 2.38. The molecule has 0 aliphatic heterocycles. The van der Waals surface area contributed by atoms with Crippen LogP contribution in [-0.2, 0) is 5.88 Å². The number of hydrogen-bond donors (Lipinski definition) is 1. The summed E-state index contributed by atoms with van der Waals surface area (Å²) in [6.45, 7) is 0. The molecule has 1 aromatic heterocycles. The number of thiophene rings is 1. The van der Waals surface area contributed by atoms with Crippen LogP contribution in [-0.4, -0.2) is 0 Å². The number of benzene rings is 1. The van der Waals surface area contributed by atoms with Gasteiger partial charge in [0.1, 0.15) is 0 Å². The lowest BCUT2D eigenvalue weighted by Crippen LogP contribution is -1.79.